The third-order valence-corrected chi connectivity index (χ3v) is 1.52. The minimum absolute atomic E-state index is 0.0226. The largest absolute Gasteiger partial charge is 0.476 e. The average molecular weight is 170 g/mol. The van der Waals surface area contributed by atoms with Crippen molar-refractivity contribution in [1.82, 2.24) is 15.0 Å². The van der Waals surface area contributed by atoms with E-state index >= 15 is 0 Å². The maximum absolute atomic E-state index is 10.4. The molecule has 1 rings (SSSR count). The Kier molecular flexibility index (Phi) is 2.39. The van der Waals surface area contributed by atoms with E-state index in [0.29, 0.717) is 6.54 Å². The number of aromatic nitrogens is 3. The molecule has 0 aliphatic carbocycles. The quantitative estimate of drug-likeness (QED) is 0.637. The van der Waals surface area contributed by atoms with Crippen molar-refractivity contribution in [2.45, 2.75) is 13.0 Å². The van der Waals surface area contributed by atoms with Gasteiger partial charge in [0.1, 0.15) is 0 Å². The molecule has 0 aliphatic rings. The maximum atomic E-state index is 10.4. The van der Waals surface area contributed by atoms with Gasteiger partial charge in [-0.3, -0.25) is 0 Å². The summed E-state index contributed by atoms with van der Waals surface area (Å²) in [5, 5.41) is 15.6. The van der Waals surface area contributed by atoms with Crippen molar-refractivity contribution in [2.24, 2.45) is 5.73 Å². The molecule has 3 N–H and O–H groups in total. The van der Waals surface area contributed by atoms with Gasteiger partial charge in [0.25, 0.3) is 0 Å². The second-order valence-corrected chi connectivity index (χ2v) is 2.47. The van der Waals surface area contributed by atoms with Crippen molar-refractivity contribution in [2.75, 3.05) is 6.54 Å². The molecule has 6 heteroatoms. The maximum Gasteiger partial charge on any atom is 0.358 e. The number of carbonyl (C=O) groups is 1. The summed E-state index contributed by atoms with van der Waals surface area (Å²) < 4.78 is 1.43. The van der Waals surface area contributed by atoms with Gasteiger partial charge in [-0.25, -0.2) is 9.48 Å². The van der Waals surface area contributed by atoms with E-state index in [1.807, 2.05) is 6.92 Å². The summed E-state index contributed by atoms with van der Waals surface area (Å²) in [5.41, 5.74) is 5.29. The molecule has 66 valence electrons. The Labute approximate surface area is 69.0 Å². The van der Waals surface area contributed by atoms with Crippen LogP contribution in [0.25, 0.3) is 0 Å². The van der Waals surface area contributed by atoms with Crippen LogP contribution in [0.4, 0.5) is 0 Å². The molecular formula is C6H10N4O2. The molecule has 1 heterocycles. The van der Waals surface area contributed by atoms with E-state index in [2.05, 4.69) is 10.3 Å². The van der Waals surface area contributed by atoms with E-state index in [-0.39, 0.29) is 11.7 Å². The Morgan fingerprint density at radius 2 is 2.58 bits per heavy atom. The van der Waals surface area contributed by atoms with Crippen LogP contribution in [0.3, 0.4) is 0 Å². The molecule has 0 radical (unpaired) electrons. The first-order valence-electron chi connectivity index (χ1n) is 3.50. The summed E-state index contributed by atoms with van der Waals surface area (Å²) in [7, 11) is 0. The Morgan fingerprint density at radius 1 is 1.92 bits per heavy atom. The minimum atomic E-state index is -1.08. The molecule has 1 aromatic rings. The fraction of sp³-hybridized carbons (Fsp3) is 0.500. The number of nitrogens with two attached hydrogens (primary N) is 1. The summed E-state index contributed by atoms with van der Waals surface area (Å²) in [4.78, 5) is 10.4. The van der Waals surface area contributed by atoms with Crippen LogP contribution in [0.15, 0.2) is 6.20 Å². The fourth-order valence-corrected chi connectivity index (χ4v) is 0.698. The van der Waals surface area contributed by atoms with Gasteiger partial charge in [-0.1, -0.05) is 5.21 Å². The molecule has 1 atom stereocenters. The Hall–Kier alpha value is -1.43. The molecule has 0 aromatic carbocycles. The second-order valence-electron chi connectivity index (χ2n) is 2.47. The van der Waals surface area contributed by atoms with E-state index in [9.17, 15) is 4.79 Å². The van der Waals surface area contributed by atoms with Crippen molar-refractivity contribution in [3.8, 4) is 0 Å². The topological polar surface area (TPSA) is 94.0 Å². The van der Waals surface area contributed by atoms with Crippen LogP contribution >= 0.6 is 0 Å². The molecule has 0 spiro atoms. The van der Waals surface area contributed by atoms with Gasteiger partial charge < -0.3 is 10.8 Å². The molecule has 12 heavy (non-hydrogen) atoms. The highest BCUT2D eigenvalue weighted by molar-refractivity contribution is 5.84. The van der Waals surface area contributed by atoms with E-state index < -0.39 is 5.97 Å². The molecule has 0 bridgehead atoms. The predicted molar refractivity (Wildman–Crippen MR) is 40.7 cm³/mol. The lowest BCUT2D eigenvalue weighted by atomic mass is 10.3. The summed E-state index contributed by atoms with van der Waals surface area (Å²) in [6.07, 6.45) is 1.36. The summed E-state index contributed by atoms with van der Waals surface area (Å²) in [6.45, 7) is 2.24. The number of carboxylic acids is 1. The zero-order chi connectivity index (χ0) is 9.14. The van der Waals surface area contributed by atoms with E-state index in [4.69, 9.17) is 10.8 Å². The molecule has 0 saturated heterocycles. The van der Waals surface area contributed by atoms with Crippen LogP contribution in [0.5, 0.6) is 0 Å². The Balaban J connectivity index is 2.84. The first-order valence-corrected chi connectivity index (χ1v) is 3.50. The van der Waals surface area contributed by atoms with Gasteiger partial charge in [0, 0.05) is 6.54 Å². The average Bonchev–Trinajstić information content (AvgIpc) is 2.51. The lowest BCUT2D eigenvalue weighted by Crippen LogP contribution is -2.16. The molecule has 0 unspecified atom stereocenters. The normalized spacial score (nSPS) is 12.8. The summed E-state index contributed by atoms with van der Waals surface area (Å²) >= 11 is 0. The van der Waals surface area contributed by atoms with Crippen LogP contribution < -0.4 is 5.73 Å². The van der Waals surface area contributed by atoms with Crippen molar-refractivity contribution >= 4 is 5.97 Å². The van der Waals surface area contributed by atoms with Crippen LogP contribution in [0, 0.1) is 0 Å². The number of carboxylic acid groups (broad SMARTS) is 1. The minimum Gasteiger partial charge on any atom is -0.476 e. The van der Waals surface area contributed by atoms with Gasteiger partial charge in [-0.05, 0) is 6.92 Å². The number of aromatic carboxylic acids is 1. The van der Waals surface area contributed by atoms with Crippen molar-refractivity contribution in [3.05, 3.63) is 11.9 Å². The lowest BCUT2D eigenvalue weighted by Gasteiger charge is -2.05. The molecule has 1 aromatic heterocycles. The van der Waals surface area contributed by atoms with Gasteiger partial charge in [0.05, 0.1) is 12.2 Å². The van der Waals surface area contributed by atoms with E-state index in [1.165, 1.54) is 10.9 Å². The zero-order valence-corrected chi connectivity index (χ0v) is 6.64. The number of nitrogens with zero attached hydrogens (tertiary/aromatic N) is 3. The molecular weight excluding hydrogens is 160 g/mol. The van der Waals surface area contributed by atoms with E-state index in [0.717, 1.165) is 0 Å². The standard InChI is InChI=1S/C6H10N4O2/c1-4(2-7)10-3-5(6(11)12)8-9-10/h3-4H,2,7H2,1H3,(H,11,12)/t4-/m0/s1. The third-order valence-electron chi connectivity index (χ3n) is 1.52. The smallest absolute Gasteiger partial charge is 0.358 e. The predicted octanol–water partition coefficient (Wildman–Crippen LogP) is -0.504. The van der Waals surface area contributed by atoms with Crippen LogP contribution in [-0.2, 0) is 0 Å². The van der Waals surface area contributed by atoms with Gasteiger partial charge in [-0.2, -0.15) is 0 Å². The van der Waals surface area contributed by atoms with Crippen LogP contribution in [0.1, 0.15) is 23.5 Å². The van der Waals surface area contributed by atoms with Crippen molar-refractivity contribution < 1.29 is 9.90 Å². The van der Waals surface area contributed by atoms with Gasteiger partial charge >= 0.3 is 5.97 Å². The van der Waals surface area contributed by atoms with Crippen molar-refractivity contribution in [1.29, 1.82) is 0 Å². The van der Waals surface area contributed by atoms with Gasteiger partial charge in [-0.15, -0.1) is 5.10 Å². The molecule has 0 fully saturated rings. The van der Waals surface area contributed by atoms with E-state index in [1.54, 1.807) is 0 Å². The number of rotatable bonds is 3. The molecule has 6 nitrogen and oxygen atoms in total. The van der Waals surface area contributed by atoms with Crippen molar-refractivity contribution in [3.63, 3.8) is 0 Å². The molecule has 0 amide bonds. The highest BCUT2D eigenvalue weighted by Crippen LogP contribution is 2.01. The Morgan fingerprint density at radius 3 is 3.00 bits per heavy atom. The number of hydrogen-bond acceptors (Lipinski definition) is 4. The molecule has 0 saturated carbocycles. The first-order chi connectivity index (χ1) is 5.65. The van der Waals surface area contributed by atoms with Gasteiger partial charge in [0.2, 0.25) is 0 Å². The SMILES string of the molecule is C[C@@H](CN)n1cc(C(=O)O)nn1. The molecule has 0 aliphatic heterocycles. The Bertz CT molecular complexity index is 283. The lowest BCUT2D eigenvalue weighted by molar-refractivity contribution is 0.0690. The summed E-state index contributed by atoms with van der Waals surface area (Å²) in [5.74, 6) is -1.08. The van der Waals surface area contributed by atoms with Crippen LogP contribution in [-0.4, -0.2) is 32.6 Å². The monoisotopic (exact) mass is 170 g/mol. The zero-order valence-electron chi connectivity index (χ0n) is 6.64. The highest BCUT2D eigenvalue weighted by Gasteiger charge is 2.10. The summed E-state index contributed by atoms with van der Waals surface area (Å²) in [6, 6.07) is -0.0226. The van der Waals surface area contributed by atoms with Gasteiger partial charge in [0.15, 0.2) is 5.69 Å². The third kappa shape index (κ3) is 1.59. The second kappa shape index (κ2) is 3.31. The highest BCUT2D eigenvalue weighted by atomic mass is 16.4. The fourth-order valence-electron chi connectivity index (χ4n) is 0.698. The number of hydrogen-bond donors (Lipinski definition) is 2. The van der Waals surface area contributed by atoms with Crippen LogP contribution in [0.2, 0.25) is 0 Å². The first kappa shape index (κ1) is 8.66.